The maximum Gasteiger partial charge on any atom is 0.416 e. The molecule has 2 nitrogen and oxygen atoms in total. The topological polar surface area (TPSA) is 15.3 Å². The van der Waals surface area contributed by atoms with Crippen LogP contribution in [0, 0.1) is 0 Å². The van der Waals surface area contributed by atoms with Crippen molar-refractivity contribution in [2.24, 2.45) is 0 Å². The van der Waals surface area contributed by atoms with Crippen LogP contribution in [0.2, 0.25) is 0 Å². The molecule has 0 spiro atoms. The largest absolute Gasteiger partial charge is 0.416 e. The van der Waals surface area contributed by atoms with Gasteiger partial charge in [0.15, 0.2) is 0 Å². The number of rotatable bonds is 4. The summed E-state index contributed by atoms with van der Waals surface area (Å²) < 4.78 is 39.8. The van der Waals surface area contributed by atoms with Gasteiger partial charge in [0.2, 0.25) is 0 Å². The van der Waals surface area contributed by atoms with E-state index in [4.69, 9.17) is 0 Å². The third kappa shape index (κ3) is 4.07. The van der Waals surface area contributed by atoms with Crippen LogP contribution in [0.3, 0.4) is 0 Å². The molecule has 1 aliphatic heterocycles. The number of thioether (sulfide) groups is 1. The molecular weight excluding hydrogens is 297 g/mol. The fourth-order valence-corrected chi connectivity index (χ4v) is 3.55. The number of halogens is 3. The summed E-state index contributed by atoms with van der Waals surface area (Å²) in [5.41, 5.74) is 0.467. The van der Waals surface area contributed by atoms with Crippen LogP contribution in [0.25, 0.3) is 0 Å². The second kappa shape index (κ2) is 6.92. The van der Waals surface area contributed by atoms with Gasteiger partial charge in [0.25, 0.3) is 0 Å². The van der Waals surface area contributed by atoms with E-state index < -0.39 is 11.7 Å². The van der Waals surface area contributed by atoms with Crippen molar-refractivity contribution in [2.75, 3.05) is 29.5 Å². The number of alkyl halides is 3. The normalized spacial score (nSPS) is 19.9. The highest BCUT2D eigenvalue weighted by Crippen LogP contribution is 2.35. The van der Waals surface area contributed by atoms with Crippen LogP contribution in [0.1, 0.15) is 25.0 Å². The third-order valence-corrected chi connectivity index (χ3v) is 4.85. The lowest BCUT2D eigenvalue weighted by Gasteiger charge is -2.35. The molecule has 1 atom stereocenters. The zero-order valence-electron chi connectivity index (χ0n) is 12.3. The van der Waals surface area contributed by atoms with Crippen molar-refractivity contribution in [3.05, 3.63) is 29.3 Å². The number of anilines is 1. The van der Waals surface area contributed by atoms with Crippen LogP contribution >= 0.6 is 11.8 Å². The Morgan fingerprint density at radius 1 is 1.38 bits per heavy atom. The lowest BCUT2D eigenvalue weighted by molar-refractivity contribution is -0.138. The quantitative estimate of drug-likeness (QED) is 0.910. The Kier molecular flexibility index (Phi) is 5.43. The Morgan fingerprint density at radius 3 is 2.76 bits per heavy atom. The molecule has 1 aromatic carbocycles. The maximum absolute atomic E-state index is 13.3. The second-order valence-electron chi connectivity index (χ2n) is 5.24. The molecule has 0 amide bonds. The summed E-state index contributed by atoms with van der Waals surface area (Å²) in [6.07, 6.45) is -4.31. The van der Waals surface area contributed by atoms with E-state index in [2.05, 4.69) is 17.1 Å². The van der Waals surface area contributed by atoms with E-state index in [1.807, 2.05) is 24.8 Å². The second-order valence-corrected chi connectivity index (χ2v) is 6.39. The summed E-state index contributed by atoms with van der Waals surface area (Å²) in [7, 11) is 0. The standard InChI is InChI=1S/C15H21F3N2S/c1-3-19-9-12-4-5-13(8-14(12)15(16,17)18)20-6-7-21-10-11(20)2/h4-5,8,11,19H,3,6-7,9-10H2,1-2H3. The van der Waals surface area contributed by atoms with Crippen molar-refractivity contribution in [3.63, 3.8) is 0 Å². The molecule has 0 saturated carbocycles. The first-order valence-corrected chi connectivity index (χ1v) is 8.34. The molecule has 1 aromatic rings. The Morgan fingerprint density at radius 2 is 2.14 bits per heavy atom. The first-order chi connectivity index (χ1) is 9.93. The van der Waals surface area contributed by atoms with Gasteiger partial charge in [-0.3, -0.25) is 0 Å². The number of benzene rings is 1. The zero-order valence-corrected chi connectivity index (χ0v) is 13.2. The highest BCUT2D eigenvalue weighted by molar-refractivity contribution is 7.99. The van der Waals surface area contributed by atoms with Gasteiger partial charge in [0, 0.05) is 36.3 Å². The highest BCUT2D eigenvalue weighted by Gasteiger charge is 2.34. The van der Waals surface area contributed by atoms with Crippen molar-refractivity contribution >= 4 is 17.4 Å². The minimum Gasteiger partial charge on any atom is -0.367 e. The molecule has 1 heterocycles. The van der Waals surface area contributed by atoms with E-state index in [1.54, 1.807) is 6.07 Å². The number of hydrogen-bond donors (Lipinski definition) is 1. The van der Waals surface area contributed by atoms with E-state index >= 15 is 0 Å². The van der Waals surface area contributed by atoms with Gasteiger partial charge in [-0.15, -0.1) is 0 Å². The fraction of sp³-hybridized carbons (Fsp3) is 0.600. The molecule has 0 aliphatic carbocycles. The van der Waals surface area contributed by atoms with E-state index in [0.717, 1.165) is 18.1 Å². The SMILES string of the molecule is CCNCc1ccc(N2CCSCC2C)cc1C(F)(F)F. The van der Waals surface area contributed by atoms with E-state index in [9.17, 15) is 13.2 Å². The Balaban J connectivity index is 2.32. The molecule has 2 rings (SSSR count). The first-order valence-electron chi connectivity index (χ1n) is 7.18. The summed E-state index contributed by atoms with van der Waals surface area (Å²) in [4.78, 5) is 2.07. The molecule has 0 bridgehead atoms. The van der Waals surface area contributed by atoms with Crippen LogP contribution < -0.4 is 10.2 Å². The molecule has 0 radical (unpaired) electrons. The first kappa shape index (κ1) is 16.5. The van der Waals surface area contributed by atoms with Gasteiger partial charge in [0.1, 0.15) is 0 Å². The third-order valence-electron chi connectivity index (χ3n) is 3.66. The summed E-state index contributed by atoms with van der Waals surface area (Å²) >= 11 is 1.85. The summed E-state index contributed by atoms with van der Waals surface area (Å²) in [5.74, 6) is 1.92. The van der Waals surface area contributed by atoms with Gasteiger partial charge in [-0.2, -0.15) is 24.9 Å². The molecule has 0 aromatic heterocycles. The van der Waals surface area contributed by atoms with Crippen LogP contribution in [-0.2, 0) is 12.7 Å². The van der Waals surface area contributed by atoms with Crippen molar-refractivity contribution in [3.8, 4) is 0 Å². The lowest BCUT2D eigenvalue weighted by atomic mass is 10.0. The molecule has 1 fully saturated rings. The van der Waals surface area contributed by atoms with Crippen molar-refractivity contribution < 1.29 is 13.2 Å². The van der Waals surface area contributed by atoms with Crippen molar-refractivity contribution in [2.45, 2.75) is 32.6 Å². The van der Waals surface area contributed by atoms with Gasteiger partial charge in [-0.05, 0) is 31.2 Å². The molecular formula is C15H21F3N2S. The van der Waals surface area contributed by atoms with Gasteiger partial charge < -0.3 is 10.2 Å². The summed E-state index contributed by atoms with van der Waals surface area (Å²) in [5, 5.41) is 2.97. The highest BCUT2D eigenvalue weighted by atomic mass is 32.2. The molecule has 1 N–H and O–H groups in total. The van der Waals surface area contributed by atoms with Gasteiger partial charge in [-0.25, -0.2) is 0 Å². The van der Waals surface area contributed by atoms with Crippen LogP contribution in [0.4, 0.5) is 18.9 Å². The minimum absolute atomic E-state index is 0.247. The number of nitrogens with zero attached hydrogens (tertiary/aromatic N) is 1. The van der Waals surface area contributed by atoms with Crippen LogP contribution in [0.15, 0.2) is 18.2 Å². The molecule has 1 saturated heterocycles. The van der Waals surface area contributed by atoms with Gasteiger partial charge >= 0.3 is 6.18 Å². The average molecular weight is 318 g/mol. The predicted octanol–water partition coefficient (Wildman–Crippen LogP) is 3.76. The predicted molar refractivity (Wildman–Crippen MR) is 83.0 cm³/mol. The maximum atomic E-state index is 13.3. The molecule has 6 heteroatoms. The molecule has 1 unspecified atom stereocenters. The molecule has 1 aliphatic rings. The van der Waals surface area contributed by atoms with Crippen molar-refractivity contribution in [1.29, 1.82) is 0 Å². The number of hydrogen-bond acceptors (Lipinski definition) is 3. The lowest BCUT2D eigenvalue weighted by Crippen LogP contribution is -2.40. The Bertz CT molecular complexity index is 476. The minimum atomic E-state index is -4.31. The Labute approximate surface area is 128 Å². The summed E-state index contributed by atoms with van der Waals surface area (Å²) in [6, 6.07) is 4.99. The van der Waals surface area contributed by atoms with Gasteiger partial charge in [0.05, 0.1) is 5.56 Å². The van der Waals surface area contributed by atoms with Crippen LogP contribution in [0.5, 0.6) is 0 Å². The molecule has 21 heavy (non-hydrogen) atoms. The average Bonchev–Trinajstić information content (AvgIpc) is 2.44. The monoisotopic (exact) mass is 318 g/mol. The molecule has 118 valence electrons. The van der Waals surface area contributed by atoms with E-state index in [1.165, 1.54) is 6.07 Å². The van der Waals surface area contributed by atoms with Crippen LogP contribution in [-0.4, -0.2) is 30.6 Å². The fourth-order valence-electron chi connectivity index (χ4n) is 2.53. The van der Waals surface area contributed by atoms with E-state index in [-0.39, 0.29) is 12.6 Å². The van der Waals surface area contributed by atoms with Gasteiger partial charge in [-0.1, -0.05) is 13.0 Å². The van der Waals surface area contributed by atoms with E-state index in [0.29, 0.717) is 17.8 Å². The summed E-state index contributed by atoms with van der Waals surface area (Å²) in [6.45, 7) is 5.65. The number of nitrogens with one attached hydrogen (secondary N) is 1. The zero-order chi connectivity index (χ0) is 15.5. The smallest absolute Gasteiger partial charge is 0.367 e. The van der Waals surface area contributed by atoms with Crippen molar-refractivity contribution in [1.82, 2.24) is 5.32 Å². The Hall–Kier alpha value is -0.880.